The zero-order chi connectivity index (χ0) is 12.6. The van der Waals surface area contributed by atoms with E-state index in [2.05, 4.69) is 14.9 Å². The Morgan fingerprint density at radius 1 is 1.53 bits per heavy atom. The van der Waals surface area contributed by atoms with Crippen LogP contribution in [0.25, 0.3) is 5.82 Å². The van der Waals surface area contributed by atoms with Gasteiger partial charge in [0, 0.05) is 13.1 Å². The lowest BCUT2D eigenvalue weighted by Crippen LogP contribution is -2.06. The minimum absolute atomic E-state index is 0.0804. The molecule has 0 unspecified atom stereocenters. The molecule has 92 valence electrons. The molecule has 0 fully saturated rings. The summed E-state index contributed by atoms with van der Waals surface area (Å²) in [7, 11) is 1.42. The Morgan fingerprint density at radius 3 is 2.76 bits per heavy atom. The Hall–Kier alpha value is -1.83. The molecule has 0 aromatic carbocycles. The topological polar surface area (TPSA) is 70.9 Å². The van der Waals surface area contributed by atoms with Gasteiger partial charge in [0.2, 0.25) is 5.88 Å². The normalized spacial score (nSPS) is 11.1. The second-order valence-corrected chi connectivity index (χ2v) is 3.49. The third-order valence-corrected chi connectivity index (χ3v) is 2.33. The van der Waals surface area contributed by atoms with E-state index in [1.54, 1.807) is 0 Å². The zero-order valence-electron chi connectivity index (χ0n) is 8.64. The summed E-state index contributed by atoms with van der Waals surface area (Å²) in [6.07, 6.45) is 1.44. The Balaban J connectivity index is 2.48. The molecule has 0 saturated carbocycles. The average Bonchev–Trinajstić information content (AvgIpc) is 2.76. The molecule has 2 aromatic heterocycles. The molecule has 0 saturated heterocycles. The number of hydrogen-bond acceptors (Lipinski definition) is 4. The first kappa shape index (κ1) is 11.6. The lowest BCUT2D eigenvalue weighted by Gasteiger charge is -2.03. The minimum atomic E-state index is -2.98. The summed E-state index contributed by atoms with van der Waals surface area (Å²) in [5.41, 5.74) is 5.61. The van der Waals surface area contributed by atoms with E-state index in [0.29, 0.717) is 0 Å². The molecule has 0 spiro atoms. The fourth-order valence-corrected chi connectivity index (χ4v) is 1.59. The quantitative estimate of drug-likeness (QED) is 0.910. The molecule has 2 rings (SSSR count). The molecular weight excluding hydrogens is 256 g/mol. The van der Waals surface area contributed by atoms with Crippen LogP contribution in [0.5, 0.6) is 5.88 Å². The van der Waals surface area contributed by atoms with Crippen LogP contribution in [0.1, 0.15) is 0 Å². The van der Waals surface area contributed by atoms with E-state index in [0.717, 1.165) is 4.68 Å². The standard InChI is InChI=1S/C8H8ClF2N5O/c1-15-7(17-8(10)11)5(9)6(14-15)16-4(12)2-3-13-16/h2-3,8H,12H2,1H3. The van der Waals surface area contributed by atoms with Gasteiger partial charge < -0.3 is 10.5 Å². The monoisotopic (exact) mass is 263 g/mol. The average molecular weight is 264 g/mol. The first-order valence-electron chi connectivity index (χ1n) is 4.48. The number of halogens is 3. The number of nitrogen functional groups attached to an aromatic ring is 1. The second kappa shape index (κ2) is 4.21. The van der Waals surface area contributed by atoms with Crippen molar-refractivity contribution in [3.05, 3.63) is 17.3 Å². The van der Waals surface area contributed by atoms with Crippen molar-refractivity contribution in [2.75, 3.05) is 5.73 Å². The van der Waals surface area contributed by atoms with Crippen molar-refractivity contribution in [1.82, 2.24) is 19.6 Å². The van der Waals surface area contributed by atoms with Crippen LogP contribution in [0.15, 0.2) is 12.3 Å². The van der Waals surface area contributed by atoms with Gasteiger partial charge in [0.1, 0.15) is 10.8 Å². The highest BCUT2D eigenvalue weighted by molar-refractivity contribution is 6.33. The van der Waals surface area contributed by atoms with Crippen molar-refractivity contribution in [1.29, 1.82) is 0 Å². The highest BCUT2D eigenvalue weighted by Gasteiger charge is 2.21. The van der Waals surface area contributed by atoms with E-state index in [1.165, 1.54) is 24.0 Å². The molecule has 2 aromatic rings. The summed E-state index contributed by atoms with van der Waals surface area (Å²) in [5, 5.41) is 7.70. The summed E-state index contributed by atoms with van der Waals surface area (Å²) in [6.45, 7) is -2.98. The van der Waals surface area contributed by atoms with Gasteiger partial charge in [-0.1, -0.05) is 11.6 Å². The van der Waals surface area contributed by atoms with Crippen molar-refractivity contribution in [2.45, 2.75) is 6.61 Å². The SMILES string of the molecule is Cn1nc(-n2nccc2N)c(Cl)c1OC(F)F. The highest BCUT2D eigenvalue weighted by atomic mass is 35.5. The van der Waals surface area contributed by atoms with Gasteiger partial charge >= 0.3 is 6.61 Å². The predicted octanol–water partition coefficient (Wildman–Crippen LogP) is 1.44. The van der Waals surface area contributed by atoms with E-state index < -0.39 is 6.61 Å². The molecule has 0 atom stereocenters. The van der Waals surface area contributed by atoms with Crippen molar-refractivity contribution >= 4 is 17.4 Å². The number of alkyl halides is 2. The lowest BCUT2D eigenvalue weighted by atomic mass is 10.5. The number of aryl methyl sites for hydroxylation is 1. The number of anilines is 1. The molecule has 6 nitrogen and oxygen atoms in total. The predicted molar refractivity (Wildman–Crippen MR) is 56.4 cm³/mol. The third-order valence-electron chi connectivity index (χ3n) is 2.00. The van der Waals surface area contributed by atoms with E-state index >= 15 is 0 Å². The summed E-state index contributed by atoms with van der Waals surface area (Å²) in [4.78, 5) is 0. The van der Waals surface area contributed by atoms with Crippen LogP contribution in [0.4, 0.5) is 14.6 Å². The van der Waals surface area contributed by atoms with Gasteiger partial charge in [0.05, 0.1) is 6.20 Å². The Labute approximate surface area is 99.5 Å². The molecule has 0 radical (unpaired) electrons. The smallest absolute Gasteiger partial charge is 0.388 e. The van der Waals surface area contributed by atoms with Crippen molar-refractivity contribution in [2.24, 2.45) is 7.05 Å². The van der Waals surface area contributed by atoms with Crippen LogP contribution in [0, 0.1) is 0 Å². The van der Waals surface area contributed by atoms with Gasteiger partial charge in [-0.3, -0.25) is 0 Å². The number of aromatic nitrogens is 4. The van der Waals surface area contributed by atoms with E-state index in [-0.39, 0.29) is 22.5 Å². The van der Waals surface area contributed by atoms with Crippen molar-refractivity contribution in [3.8, 4) is 11.7 Å². The van der Waals surface area contributed by atoms with Crippen LogP contribution in [0.3, 0.4) is 0 Å². The first-order chi connectivity index (χ1) is 8.00. The molecule has 17 heavy (non-hydrogen) atoms. The molecule has 2 heterocycles. The third kappa shape index (κ3) is 2.03. The van der Waals surface area contributed by atoms with Crippen molar-refractivity contribution in [3.63, 3.8) is 0 Å². The Kier molecular flexibility index (Phi) is 2.88. The van der Waals surface area contributed by atoms with Crippen LogP contribution < -0.4 is 10.5 Å². The second-order valence-electron chi connectivity index (χ2n) is 3.11. The Bertz CT molecular complexity index is 538. The summed E-state index contributed by atoms with van der Waals surface area (Å²) >= 11 is 5.88. The molecule has 2 N–H and O–H groups in total. The van der Waals surface area contributed by atoms with Crippen LogP contribution in [0.2, 0.25) is 5.02 Å². The summed E-state index contributed by atoms with van der Waals surface area (Å²) in [6, 6.07) is 1.53. The van der Waals surface area contributed by atoms with E-state index in [1.807, 2.05) is 0 Å². The van der Waals surface area contributed by atoms with E-state index in [9.17, 15) is 8.78 Å². The number of ether oxygens (including phenoxy) is 1. The molecular formula is C8H8ClF2N5O. The molecule has 0 aliphatic rings. The molecule has 0 bridgehead atoms. The van der Waals surface area contributed by atoms with Gasteiger partial charge in [-0.25, -0.2) is 4.68 Å². The molecule has 0 amide bonds. The zero-order valence-corrected chi connectivity index (χ0v) is 9.40. The maximum Gasteiger partial charge on any atom is 0.388 e. The highest BCUT2D eigenvalue weighted by Crippen LogP contribution is 2.31. The van der Waals surface area contributed by atoms with Crippen molar-refractivity contribution < 1.29 is 13.5 Å². The van der Waals surface area contributed by atoms with Gasteiger partial charge in [-0.05, 0) is 0 Å². The molecule has 0 aliphatic carbocycles. The van der Waals surface area contributed by atoms with Gasteiger partial charge in [0.25, 0.3) is 0 Å². The fraction of sp³-hybridized carbons (Fsp3) is 0.250. The Morgan fingerprint density at radius 2 is 2.24 bits per heavy atom. The molecule has 0 aliphatic heterocycles. The summed E-state index contributed by atoms with van der Waals surface area (Å²) < 4.78 is 30.8. The minimum Gasteiger partial charge on any atom is -0.415 e. The number of rotatable bonds is 3. The maximum absolute atomic E-state index is 12.1. The van der Waals surface area contributed by atoms with Crippen LogP contribution in [-0.4, -0.2) is 26.2 Å². The number of nitrogens with zero attached hydrogens (tertiary/aromatic N) is 4. The van der Waals surface area contributed by atoms with Gasteiger partial charge in [0.15, 0.2) is 5.82 Å². The molecule has 9 heteroatoms. The first-order valence-corrected chi connectivity index (χ1v) is 4.85. The van der Waals surface area contributed by atoms with Crippen LogP contribution >= 0.6 is 11.6 Å². The number of nitrogens with two attached hydrogens (primary N) is 1. The lowest BCUT2D eigenvalue weighted by molar-refractivity contribution is -0.0552. The fourth-order valence-electron chi connectivity index (χ4n) is 1.31. The maximum atomic E-state index is 12.1. The summed E-state index contributed by atoms with van der Waals surface area (Å²) in [5.74, 6) is 0.174. The van der Waals surface area contributed by atoms with E-state index in [4.69, 9.17) is 17.3 Å². The van der Waals surface area contributed by atoms with Gasteiger partial charge in [-0.2, -0.15) is 18.6 Å². The van der Waals surface area contributed by atoms with Crippen LogP contribution in [-0.2, 0) is 7.05 Å². The van der Waals surface area contributed by atoms with Gasteiger partial charge in [-0.15, -0.1) is 5.10 Å². The largest absolute Gasteiger partial charge is 0.415 e. The number of hydrogen-bond donors (Lipinski definition) is 1.